The number of furan rings is 1. The highest BCUT2D eigenvalue weighted by atomic mass is 79.9. The third kappa shape index (κ3) is 4.45. The van der Waals surface area contributed by atoms with E-state index in [9.17, 15) is 4.79 Å². The molecule has 6 nitrogen and oxygen atoms in total. The number of amides is 1. The Morgan fingerprint density at radius 2 is 2.26 bits per heavy atom. The lowest BCUT2D eigenvalue weighted by molar-refractivity contribution is -0.256. The molecule has 0 saturated carbocycles. The van der Waals surface area contributed by atoms with Crippen LogP contribution in [0.3, 0.4) is 0 Å². The molecule has 0 radical (unpaired) electrons. The summed E-state index contributed by atoms with van der Waals surface area (Å²) in [5, 5.41) is 3.80. The molecule has 1 fully saturated rings. The van der Waals surface area contributed by atoms with Gasteiger partial charge in [-0.15, -0.1) is 0 Å². The van der Waals surface area contributed by atoms with Gasteiger partial charge in [0, 0.05) is 0 Å². The highest BCUT2D eigenvalue weighted by Gasteiger charge is 2.31. The van der Waals surface area contributed by atoms with Gasteiger partial charge in [-0.2, -0.15) is 5.10 Å². The average molecular weight is 331 g/mol. The molecule has 0 spiro atoms. The minimum Gasteiger partial charge on any atom is -0.448 e. The molecule has 0 aliphatic carbocycles. The van der Waals surface area contributed by atoms with Crippen LogP contribution in [0.15, 0.2) is 26.3 Å². The summed E-state index contributed by atoms with van der Waals surface area (Å²) in [7, 11) is 0. The monoisotopic (exact) mass is 330 g/mol. The number of hydrogen-bond donors (Lipinski definition) is 1. The van der Waals surface area contributed by atoms with Crippen LogP contribution >= 0.6 is 15.9 Å². The molecule has 1 saturated heterocycles. The van der Waals surface area contributed by atoms with Crippen LogP contribution in [0.1, 0.15) is 25.5 Å². The number of ether oxygens (including phenoxy) is 2. The Bertz CT molecular complexity index is 466. The molecule has 0 aromatic carbocycles. The molecule has 2 rings (SSSR count). The van der Waals surface area contributed by atoms with Gasteiger partial charge in [0.05, 0.1) is 25.8 Å². The Morgan fingerprint density at radius 3 is 2.89 bits per heavy atom. The van der Waals surface area contributed by atoms with Gasteiger partial charge >= 0.3 is 0 Å². The smallest absolute Gasteiger partial charge is 0.245 e. The molecule has 1 aliphatic heterocycles. The van der Waals surface area contributed by atoms with Crippen LogP contribution in [0.25, 0.3) is 0 Å². The number of rotatable bonds is 4. The SMILES string of the molecule is CC1(CC(=O)N/N=C\c2ccc(Br)o2)OCCCO1. The van der Waals surface area contributed by atoms with Crippen molar-refractivity contribution >= 4 is 28.1 Å². The van der Waals surface area contributed by atoms with E-state index in [0.29, 0.717) is 23.6 Å². The number of nitrogens with one attached hydrogen (secondary N) is 1. The Hall–Kier alpha value is -1.18. The van der Waals surface area contributed by atoms with Crippen molar-refractivity contribution in [3.8, 4) is 0 Å². The van der Waals surface area contributed by atoms with E-state index < -0.39 is 5.79 Å². The molecule has 104 valence electrons. The summed E-state index contributed by atoms with van der Waals surface area (Å²) in [5.41, 5.74) is 2.41. The quantitative estimate of drug-likeness (QED) is 0.677. The lowest BCUT2D eigenvalue weighted by Crippen LogP contribution is -2.41. The standard InChI is InChI=1S/C12H15BrN2O4/c1-12(17-5-2-6-18-12)7-11(16)15-14-8-9-3-4-10(13)19-9/h3-4,8H,2,5-7H2,1H3,(H,15,16)/b14-8-. The maximum absolute atomic E-state index is 11.7. The number of hydrogen-bond acceptors (Lipinski definition) is 5. The van der Waals surface area contributed by atoms with Crippen molar-refractivity contribution in [2.75, 3.05) is 13.2 Å². The van der Waals surface area contributed by atoms with Crippen LogP contribution in [-0.4, -0.2) is 31.1 Å². The van der Waals surface area contributed by atoms with E-state index in [4.69, 9.17) is 13.9 Å². The zero-order valence-corrected chi connectivity index (χ0v) is 12.1. The summed E-state index contributed by atoms with van der Waals surface area (Å²) >= 11 is 3.18. The van der Waals surface area contributed by atoms with Crippen LogP contribution in [-0.2, 0) is 14.3 Å². The molecule has 1 amide bonds. The second kappa shape index (κ2) is 6.31. The third-order valence-corrected chi connectivity index (χ3v) is 2.99. The largest absolute Gasteiger partial charge is 0.448 e. The second-order valence-corrected chi connectivity index (χ2v) is 5.08. The average Bonchev–Trinajstić information content (AvgIpc) is 2.75. The maximum Gasteiger partial charge on any atom is 0.245 e. The summed E-state index contributed by atoms with van der Waals surface area (Å²) in [5.74, 6) is -0.583. The topological polar surface area (TPSA) is 73.1 Å². The van der Waals surface area contributed by atoms with Crippen molar-refractivity contribution in [2.24, 2.45) is 5.10 Å². The van der Waals surface area contributed by atoms with E-state index in [-0.39, 0.29) is 12.3 Å². The highest BCUT2D eigenvalue weighted by Crippen LogP contribution is 2.21. The van der Waals surface area contributed by atoms with Gasteiger partial charge in [-0.1, -0.05) is 0 Å². The van der Waals surface area contributed by atoms with Gasteiger partial charge in [-0.05, 0) is 41.4 Å². The van der Waals surface area contributed by atoms with Crippen molar-refractivity contribution in [1.82, 2.24) is 5.43 Å². The first-order valence-corrected chi connectivity index (χ1v) is 6.72. The Kier molecular flexibility index (Phi) is 4.73. The predicted octanol–water partition coefficient (Wildman–Crippen LogP) is 2.04. The van der Waals surface area contributed by atoms with Crippen molar-refractivity contribution in [3.05, 3.63) is 22.6 Å². The first-order chi connectivity index (χ1) is 9.07. The first-order valence-electron chi connectivity index (χ1n) is 5.93. The fourth-order valence-electron chi connectivity index (χ4n) is 1.68. The van der Waals surface area contributed by atoms with Gasteiger partial charge in [0.2, 0.25) is 5.91 Å². The molecule has 1 aliphatic rings. The normalized spacial score (nSPS) is 18.6. The van der Waals surface area contributed by atoms with Crippen LogP contribution < -0.4 is 5.43 Å². The second-order valence-electron chi connectivity index (χ2n) is 4.30. The first kappa shape index (κ1) is 14.2. The van der Waals surface area contributed by atoms with Gasteiger partial charge in [-0.3, -0.25) is 4.79 Å². The Labute approximate surface area is 119 Å². The van der Waals surface area contributed by atoms with Crippen molar-refractivity contribution in [2.45, 2.75) is 25.6 Å². The molecule has 0 bridgehead atoms. The summed E-state index contributed by atoms with van der Waals surface area (Å²) in [4.78, 5) is 11.7. The van der Waals surface area contributed by atoms with Crippen LogP contribution in [0.2, 0.25) is 0 Å². The van der Waals surface area contributed by atoms with Gasteiger partial charge in [0.15, 0.2) is 10.5 Å². The zero-order valence-electron chi connectivity index (χ0n) is 10.5. The van der Waals surface area contributed by atoms with E-state index in [1.165, 1.54) is 6.21 Å². The number of nitrogens with zero attached hydrogens (tertiary/aromatic N) is 1. The van der Waals surface area contributed by atoms with Gasteiger partial charge < -0.3 is 13.9 Å². The molecule has 7 heteroatoms. The highest BCUT2D eigenvalue weighted by molar-refractivity contribution is 9.10. The van der Waals surface area contributed by atoms with Gasteiger partial charge in [0.1, 0.15) is 5.76 Å². The van der Waals surface area contributed by atoms with Crippen molar-refractivity contribution in [3.63, 3.8) is 0 Å². The molecular weight excluding hydrogens is 316 g/mol. The van der Waals surface area contributed by atoms with E-state index in [2.05, 4.69) is 26.5 Å². The molecule has 0 unspecified atom stereocenters. The minimum absolute atomic E-state index is 0.103. The molecule has 0 atom stereocenters. The number of carbonyl (C=O) groups excluding carboxylic acids is 1. The summed E-state index contributed by atoms with van der Waals surface area (Å²) in [6, 6.07) is 3.47. The summed E-state index contributed by atoms with van der Waals surface area (Å²) in [6.07, 6.45) is 2.38. The fourth-order valence-corrected chi connectivity index (χ4v) is 1.99. The molecular formula is C12H15BrN2O4. The van der Waals surface area contributed by atoms with Crippen LogP contribution in [0, 0.1) is 0 Å². The van der Waals surface area contributed by atoms with E-state index in [1.54, 1.807) is 19.1 Å². The molecule has 1 aromatic rings. The lowest BCUT2D eigenvalue weighted by atomic mass is 10.2. The molecule has 19 heavy (non-hydrogen) atoms. The molecule has 1 N–H and O–H groups in total. The van der Waals surface area contributed by atoms with Crippen LogP contribution in [0.5, 0.6) is 0 Å². The van der Waals surface area contributed by atoms with E-state index in [1.807, 2.05) is 0 Å². The minimum atomic E-state index is -0.856. The number of carbonyl (C=O) groups is 1. The fraction of sp³-hybridized carbons (Fsp3) is 0.500. The summed E-state index contributed by atoms with van der Waals surface area (Å²) < 4.78 is 16.7. The van der Waals surface area contributed by atoms with Crippen molar-refractivity contribution in [1.29, 1.82) is 0 Å². The van der Waals surface area contributed by atoms with E-state index in [0.717, 1.165) is 6.42 Å². The molecule has 1 aromatic heterocycles. The number of halogens is 1. The van der Waals surface area contributed by atoms with E-state index >= 15 is 0 Å². The molecule has 2 heterocycles. The van der Waals surface area contributed by atoms with Crippen molar-refractivity contribution < 1.29 is 18.7 Å². The third-order valence-electron chi connectivity index (χ3n) is 2.56. The zero-order chi connectivity index (χ0) is 13.7. The Balaban J connectivity index is 1.79. The lowest BCUT2D eigenvalue weighted by Gasteiger charge is -2.33. The van der Waals surface area contributed by atoms with Crippen LogP contribution in [0.4, 0.5) is 0 Å². The maximum atomic E-state index is 11.7. The van der Waals surface area contributed by atoms with Gasteiger partial charge in [0.25, 0.3) is 0 Å². The Morgan fingerprint density at radius 1 is 1.53 bits per heavy atom. The summed E-state index contributed by atoms with van der Waals surface area (Å²) in [6.45, 7) is 2.96. The number of hydrazone groups is 1. The predicted molar refractivity (Wildman–Crippen MR) is 71.7 cm³/mol. The van der Waals surface area contributed by atoms with Gasteiger partial charge in [-0.25, -0.2) is 5.43 Å².